The van der Waals surface area contributed by atoms with Crippen molar-refractivity contribution < 1.29 is 5.11 Å². The fourth-order valence-corrected chi connectivity index (χ4v) is 2.86. The second-order valence-electron chi connectivity index (χ2n) is 5.82. The lowest BCUT2D eigenvalue weighted by atomic mass is 9.56. The van der Waals surface area contributed by atoms with Crippen molar-refractivity contribution >= 4 is 0 Å². The highest BCUT2D eigenvalue weighted by Crippen LogP contribution is 2.52. The van der Waals surface area contributed by atoms with E-state index in [-0.39, 0.29) is 18.1 Å². The second-order valence-corrected chi connectivity index (χ2v) is 5.82. The molecular weight excluding hydrogens is 210 g/mol. The molecule has 0 saturated heterocycles. The van der Waals surface area contributed by atoms with E-state index in [4.69, 9.17) is 5.11 Å². The van der Waals surface area contributed by atoms with Crippen LogP contribution in [-0.4, -0.2) is 23.8 Å². The van der Waals surface area contributed by atoms with E-state index in [9.17, 15) is 0 Å². The quantitative estimate of drug-likeness (QED) is 0.837. The van der Waals surface area contributed by atoms with E-state index in [2.05, 4.69) is 49.5 Å². The zero-order valence-corrected chi connectivity index (χ0v) is 11.0. The number of nitrogens with one attached hydrogen (secondary N) is 1. The minimum Gasteiger partial charge on any atom is -0.395 e. The summed E-state index contributed by atoms with van der Waals surface area (Å²) >= 11 is 0. The third-order valence-corrected chi connectivity index (χ3v) is 4.23. The fraction of sp³-hybridized carbons (Fsp3) is 0.600. The summed E-state index contributed by atoms with van der Waals surface area (Å²) in [5, 5.41) is 12.6. The smallest absolute Gasteiger partial charge is 0.0582 e. The van der Waals surface area contributed by atoms with Gasteiger partial charge in [0.25, 0.3) is 0 Å². The third kappa shape index (κ3) is 2.38. The van der Waals surface area contributed by atoms with E-state index in [0.717, 1.165) is 0 Å². The van der Waals surface area contributed by atoms with Crippen LogP contribution in [0.5, 0.6) is 0 Å². The Hall–Kier alpha value is -0.860. The zero-order chi connectivity index (χ0) is 12.5. The molecule has 3 atom stereocenters. The van der Waals surface area contributed by atoms with Gasteiger partial charge in [0.1, 0.15) is 0 Å². The van der Waals surface area contributed by atoms with Gasteiger partial charge in [-0.3, -0.25) is 0 Å². The van der Waals surface area contributed by atoms with Gasteiger partial charge >= 0.3 is 0 Å². The van der Waals surface area contributed by atoms with Crippen LogP contribution >= 0.6 is 0 Å². The van der Waals surface area contributed by atoms with Crippen LogP contribution in [0.1, 0.15) is 38.7 Å². The van der Waals surface area contributed by atoms with Gasteiger partial charge < -0.3 is 10.4 Å². The van der Waals surface area contributed by atoms with Crippen molar-refractivity contribution in [2.24, 2.45) is 5.41 Å². The first-order valence-corrected chi connectivity index (χ1v) is 6.47. The molecule has 0 aliphatic heterocycles. The van der Waals surface area contributed by atoms with Gasteiger partial charge in [0.15, 0.2) is 0 Å². The van der Waals surface area contributed by atoms with Crippen LogP contribution < -0.4 is 5.32 Å². The lowest BCUT2D eigenvalue weighted by Gasteiger charge is -2.53. The van der Waals surface area contributed by atoms with Gasteiger partial charge in [-0.25, -0.2) is 0 Å². The van der Waals surface area contributed by atoms with Crippen molar-refractivity contribution in [1.29, 1.82) is 0 Å². The van der Waals surface area contributed by atoms with E-state index in [1.54, 1.807) is 0 Å². The van der Waals surface area contributed by atoms with Crippen LogP contribution in [0.3, 0.4) is 0 Å². The first-order chi connectivity index (χ1) is 8.05. The van der Waals surface area contributed by atoms with Crippen molar-refractivity contribution in [1.82, 2.24) is 5.32 Å². The van der Waals surface area contributed by atoms with Crippen molar-refractivity contribution in [3.63, 3.8) is 0 Å². The molecule has 0 spiro atoms. The summed E-state index contributed by atoms with van der Waals surface area (Å²) in [4.78, 5) is 0. The Morgan fingerprint density at radius 1 is 1.35 bits per heavy atom. The summed E-state index contributed by atoms with van der Waals surface area (Å²) in [6.45, 7) is 6.88. The van der Waals surface area contributed by atoms with Crippen LogP contribution in [0.4, 0.5) is 0 Å². The Bertz CT molecular complexity index is 360. The molecule has 1 aliphatic carbocycles. The van der Waals surface area contributed by atoms with Gasteiger partial charge in [-0.1, -0.05) is 44.2 Å². The predicted octanol–water partition coefficient (Wildman–Crippen LogP) is 2.54. The average molecular weight is 233 g/mol. The van der Waals surface area contributed by atoms with E-state index in [0.29, 0.717) is 12.0 Å². The monoisotopic (exact) mass is 233 g/mol. The molecule has 94 valence electrons. The normalized spacial score (nSPS) is 28.5. The summed E-state index contributed by atoms with van der Waals surface area (Å²) in [6.07, 6.45) is 1.17. The molecule has 0 amide bonds. The summed E-state index contributed by atoms with van der Waals surface area (Å²) in [6, 6.07) is 11.4. The molecule has 2 N–H and O–H groups in total. The number of rotatable bonds is 4. The van der Waals surface area contributed by atoms with Crippen LogP contribution in [0.2, 0.25) is 0 Å². The molecule has 17 heavy (non-hydrogen) atoms. The molecule has 1 aromatic rings. The average Bonchev–Trinajstić information content (AvgIpc) is 2.34. The van der Waals surface area contributed by atoms with Crippen LogP contribution in [0.15, 0.2) is 30.3 Å². The summed E-state index contributed by atoms with van der Waals surface area (Å²) in [7, 11) is 0. The minimum atomic E-state index is 0.191. The first kappa shape index (κ1) is 12.6. The van der Waals surface area contributed by atoms with Crippen molar-refractivity contribution in [3.05, 3.63) is 35.9 Å². The van der Waals surface area contributed by atoms with Crippen molar-refractivity contribution in [2.45, 2.75) is 45.2 Å². The third-order valence-electron chi connectivity index (χ3n) is 4.23. The molecule has 0 bridgehead atoms. The molecule has 0 radical (unpaired) electrons. The highest BCUT2D eigenvalue weighted by atomic mass is 16.3. The topological polar surface area (TPSA) is 32.3 Å². The highest BCUT2D eigenvalue weighted by molar-refractivity contribution is 5.27. The maximum Gasteiger partial charge on any atom is 0.0582 e. The Labute approximate surface area is 104 Å². The number of aliphatic hydroxyl groups is 1. The maximum absolute atomic E-state index is 9.09. The highest BCUT2D eigenvalue weighted by Gasteiger charge is 2.48. The molecule has 1 aromatic carbocycles. The standard InChI is InChI=1S/C15H23NO/c1-11(10-17)16-14-9-13(15(14,2)3)12-7-5-4-6-8-12/h4-8,11,13-14,16-17H,9-10H2,1-3H3/t11-,13?,14?/m0/s1. The van der Waals surface area contributed by atoms with E-state index in [1.165, 1.54) is 12.0 Å². The van der Waals surface area contributed by atoms with Gasteiger partial charge in [0, 0.05) is 12.1 Å². The van der Waals surface area contributed by atoms with Crippen molar-refractivity contribution in [3.8, 4) is 0 Å². The van der Waals surface area contributed by atoms with Gasteiger partial charge in [-0.15, -0.1) is 0 Å². The van der Waals surface area contributed by atoms with Gasteiger partial charge in [0.05, 0.1) is 6.61 Å². The number of hydrogen-bond donors (Lipinski definition) is 2. The first-order valence-electron chi connectivity index (χ1n) is 6.47. The molecule has 0 aromatic heterocycles. The molecule has 0 heterocycles. The summed E-state index contributed by atoms with van der Waals surface area (Å²) in [5.41, 5.74) is 1.71. The Morgan fingerprint density at radius 3 is 2.53 bits per heavy atom. The Balaban J connectivity index is 2.02. The molecular formula is C15H23NO. The fourth-order valence-electron chi connectivity index (χ4n) is 2.86. The number of hydrogen-bond acceptors (Lipinski definition) is 2. The van der Waals surface area contributed by atoms with E-state index in [1.807, 2.05) is 6.92 Å². The largest absolute Gasteiger partial charge is 0.395 e. The SMILES string of the molecule is C[C@@H](CO)NC1CC(c2ccccc2)C1(C)C. The van der Waals surface area contributed by atoms with E-state index < -0.39 is 0 Å². The number of benzene rings is 1. The molecule has 1 aliphatic rings. The lowest BCUT2D eigenvalue weighted by Crippen LogP contribution is -2.58. The van der Waals surface area contributed by atoms with Gasteiger partial charge in [-0.2, -0.15) is 0 Å². The molecule has 2 rings (SSSR count). The second kappa shape index (κ2) is 4.79. The predicted molar refractivity (Wildman–Crippen MR) is 71.1 cm³/mol. The zero-order valence-electron chi connectivity index (χ0n) is 11.0. The Morgan fingerprint density at radius 2 is 2.00 bits per heavy atom. The Kier molecular flexibility index (Phi) is 3.55. The van der Waals surface area contributed by atoms with Gasteiger partial charge in [0.2, 0.25) is 0 Å². The van der Waals surface area contributed by atoms with Crippen LogP contribution in [-0.2, 0) is 0 Å². The van der Waals surface area contributed by atoms with Crippen molar-refractivity contribution in [2.75, 3.05) is 6.61 Å². The van der Waals surface area contributed by atoms with Gasteiger partial charge in [-0.05, 0) is 30.2 Å². The molecule has 2 heteroatoms. The molecule has 1 fully saturated rings. The lowest BCUT2D eigenvalue weighted by molar-refractivity contribution is 0.0544. The number of aliphatic hydroxyl groups excluding tert-OH is 1. The summed E-state index contributed by atoms with van der Waals surface area (Å²) < 4.78 is 0. The van der Waals surface area contributed by atoms with Crippen LogP contribution in [0, 0.1) is 5.41 Å². The molecule has 1 saturated carbocycles. The summed E-state index contributed by atoms with van der Waals surface area (Å²) in [5.74, 6) is 0.632. The minimum absolute atomic E-state index is 0.191. The molecule has 2 unspecified atom stereocenters. The van der Waals surface area contributed by atoms with E-state index >= 15 is 0 Å². The van der Waals surface area contributed by atoms with Crippen LogP contribution in [0.25, 0.3) is 0 Å². The maximum atomic E-state index is 9.09. The molecule has 2 nitrogen and oxygen atoms in total.